The third-order valence-electron chi connectivity index (χ3n) is 14.0. The number of aliphatic hydroxyl groups is 16. The van der Waals surface area contributed by atoms with Gasteiger partial charge in [-0.05, 0) is 36.8 Å². The molecular formula is C46H78O24. The molecule has 24 nitrogen and oxygen atoms in total. The molecule has 0 saturated carbocycles. The van der Waals surface area contributed by atoms with Gasteiger partial charge in [0.1, 0.15) is 97.7 Å². The van der Waals surface area contributed by atoms with Gasteiger partial charge in [0.05, 0.1) is 52.9 Å². The summed E-state index contributed by atoms with van der Waals surface area (Å²) in [6, 6.07) is 7.17. The summed E-state index contributed by atoms with van der Waals surface area (Å²) in [6.07, 6.45) is -29.1. The van der Waals surface area contributed by atoms with Crippen molar-refractivity contribution in [3.8, 4) is 0 Å². The molecule has 1 aromatic carbocycles. The number of hydrogen-bond acceptors (Lipinski definition) is 24. The lowest BCUT2D eigenvalue weighted by Gasteiger charge is -2.44. The highest BCUT2D eigenvalue weighted by molar-refractivity contribution is 5.30. The zero-order valence-electron chi connectivity index (χ0n) is 39.6. The van der Waals surface area contributed by atoms with Crippen molar-refractivity contribution in [2.24, 2.45) is 10.8 Å². The Morgan fingerprint density at radius 2 is 0.629 bits per heavy atom. The van der Waals surface area contributed by atoms with Gasteiger partial charge in [-0.2, -0.15) is 0 Å². The molecule has 0 spiro atoms. The van der Waals surface area contributed by atoms with E-state index in [1.807, 2.05) is 26.0 Å². The van der Waals surface area contributed by atoms with Gasteiger partial charge in [-0.15, -0.1) is 0 Å². The maximum absolute atomic E-state index is 11.0. The molecule has 0 amide bonds. The molecule has 0 bridgehead atoms. The molecule has 16 N–H and O–H groups in total. The highest BCUT2D eigenvalue weighted by Gasteiger charge is 2.50. The monoisotopic (exact) mass is 1010 g/mol. The zero-order valence-corrected chi connectivity index (χ0v) is 39.6. The van der Waals surface area contributed by atoms with Crippen molar-refractivity contribution in [1.82, 2.24) is 0 Å². The smallest absolute Gasteiger partial charge is 0.186 e. The molecule has 4 saturated heterocycles. The standard InChI is InChI=1S/C46H78O24/c1-3-5-11-45(19-63-41-37(59)33(55)29(51)25(15-47)67-41,20-64-42-38(60)34(56)30(52)26(16-48)68-42)13-23-9-7-8-10-24(23)14-46(12-6-4-2,21-65-43-39(61)35(57)31(53)27(17-49)69-43)22-66-44-40(62)36(58)32(54)28(18-50)70-44/h7-10,25-44,47-62H,3-6,11-22H2,1-2H3/t25?,26?,27?,28?,29-,30-,31-,32-,33+,34+,35+,36+,37?,38?,39?,40?,41-,42-,43-,44-,45?,46?/m1/s1. The Morgan fingerprint density at radius 3 is 0.843 bits per heavy atom. The van der Waals surface area contributed by atoms with Gasteiger partial charge in [-0.3, -0.25) is 0 Å². The highest BCUT2D eigenvalue weighted by Crippen LogP contribution is 2.40. The molecule has 8 unspecified atom stereocenters. The number of ether oxygens (including phenoxy) is 8. The highest BCUT2D eigenvalue weighted by atomic mass is 16.7. The van der Waals surface area contributed by atoms with Gasteiger partial charge < -0.3 is 120 Å². The Morgan fingerprint density at radius 1 is 0.386 bits per heavy atom. The quantitative estimate of drug-likeness (QED) is 0.0411. The van der Waals surface area contributed by atoms with E-state index in [2.05, 4.69) is 0 Å². The zero-order chi connectivity index (χ0) is 51.5. The van der Waals surface area contributed by atoms with Crippen molar-refractivity contribution in [3.05, 3.63) is 35.4 Å². The fourth-order valence-corrected chi connectivity index (χ4v) is 9.42. The molecule has 0 radical (unpaired) electrons. The normalized spacial score (nSPS) is 40.1. The molecular weight excluding hydrogens is 936 g/mol. The molecule has 4 heterocycles. The predicted octanol–water partition coefficient (Wildman–Crippen LogP) is -5.61. The van der Waals surface area contributed by atoms with Crippen LogP contribution in [0.15, 0.2) is 24.3 Å². The number of rotatable bonds is 26. The third kappa shape index (κ3) is 14.1. The van der Waals surface area contributed by atoms with Crippen molar-refractivity contribution < 1.29 is 120 Å². The van der Waals surface area contributed by atoms with E-state index in [0.717, 1.165) is 0 Å². The summed E-state index contributed by atoms with van der Waals surface area (Å²) in [5.41, 5.74) is -1.02. The Hall–Kier alpha value is -1.74. The van der Waals surface area contributed by atoms with E-state index in [-0.39, 0.29) is 39.3 Å². The van der Waals surface area contributed by atoms with Crippen molar-refractivity contribution in [3.63, 3.8) is 0 Å². The molecule has 4 aliphatic heterocycles. The van der Waals surface area contributed by atoms with Gasteiger partial charge in [-0.25, -0.2) is 0 Å². The summed E-state index contributed by atoms with van der Waals surface area (Å²) in [5, 5.41) is 168. The third-order valence-corrected chi connectivity index (χ3v) is 14.0. The van der Waals surface area contributed by atoms with Crippen LogP contribution in [-0.4, -0.2) is 257 Å². The minimum atomic E-state index is -1.77. The lowest BCUT2D eigenvalue weighted by molar-refractivity contribution is -0.318. The first-order valence-electron chi connectivity index (χ1n) is 24.1. The molecule has 406 valence electrons. The van der Waals surface area contributed by atoms with Crippen LogP contribution in [0.3, 0.4) is 0 Å². The van der Waals surface area contributed by atoms with Gasteiger partial charge in [-0.1, -0.05) is 63.8 Å². The average Bonchev–Trinajstić information content (AvgIpc) is 3.36. The second-order valence-corrected chi connectivity index (χ2v) is 19.4. The summed E-state index contributed by atoms with van der Waals surface area (Å²) in [7, 11) is 0. The maximum Gasteiger partial charge on any atom is 0.186 e. The van der Waals surface area contributed by atoms with E-state index < -0.39 is 160 Å². The minimum Gasteiger partial charge on any atom is -0.394 e. The van der Waals surface area contributed by atoms with E-state index in [9.17, 15) is 81.7 Å². The molecule has 5 rings (SSSR count). The van der Waals surface area contributed by atoms with E-state index in [1.165, 1.54) is 0 Å². The predicted molar refractivity (Wildman–Crippen MR) is 237 cm³/mol. The van der Waals surface area contributed by atoms with Crippen molar-refractivity contribution >= 4 is 0 Å². The molecule has 4 fully saturated rings. The lowest BCUT2D eigenvalue weighted by atomic mass is 9.74. The molecule has 0 aromatic heterocycles. The minimum absolute atomic E-state index is 0.0863. The number of unbranched alkanes of at least 4 members (excludes halogenated alkanes) is 2. The number of hydrogen-bond donors (Lipinski definition) is 16. The maximum atomic E-state index is 11.0. The van der Waals surface area contributed by atoms with Gasteiger partial charge in [0, 0.05) is 10.8 Å². The van der Waals surface area contributed by atoms with Gasteiger partial charge in [0.2, 0.25) is 0 Å². The second kappa shape index (κ2) is 27.2. The van der Waals surface area contributed by atoms with Crippen LogP contribution in [0.1, 0.15) is 63.5 Å². The molecule has 4 aliphatic rings. The molecule has 1 aromatic rings. The van der Waals surface area contributed by atoms with Gasteiger partial charge >= 0.3 is 0 Å². The van der Waals surface area contributed by atoms with Crippen LogP contribution < -0.4 is 0 Å². The first-order chi connectivity index (χ1) is 33.3. The fraction of sp³-hybridized carbons (Fsp3) is 0.870. The van der Waals surface area contributed by atoms with Crippen molar-refractivity contribution in [2.45, 2.75) is 188 Å². The van der Waals surface area contributed by atoms with Gasteiger partial charge in [0.15, 0.2) is 25.2 Å². The van der Waals surface area contributed by atoms with Crippen LogP contribution in [0.4, 0.5) is 0 Å². The molecule has 24 heteroatoms. The van der Waals surface area contributed by atoms with Crippen LogP contribution in [0.25, 0.3) is 0 Å². The summed E-state index contributed by atoms with van der Waals surface area (Å²) >= 11 is 0. The molecule has 70 heavy (non-hydrogen) atoms. The Bertz CT molecular complexity index is 1460. The largest absolute Gasteiger partial charge is 0.394 e. The van der Waals surface area contributed by atoms with Crippen molar-refractivity contribution in [2.75, 3.05) is 52.9 Å². The van der Waals surface area contributed by atoms with Crippen LogP contribution in [-0.2, 0) is 50.7 Å². The summed E-state index contributed by atoms with van der Waals surface area (Å²) < 4.78 is 47.7. The summed E-state index contributed by atoms with van der Waals surface area (Å²) in [6.45, 7) is -0.236. The summed E-state index contributed by atoms with van der Waals surface area (Å²) in [5.74, 6) is 0. The lowest BCUT2D eigenvalue weighted by Crippen LogP contribution is -2.60. The number of benzene rings is 1. The van der Waals surface area contributed by atoms with E-state index >= 15 is 0 Å². The van der Waals surface area contributed by atoms with Gasteiger partial charge in [0.25, 0.3) is 0 Å². The van der Waals surface area contributed by atoms with E-state index in [0.29, 0.717) is 49.7 Å². The van der Waals surface area contributed by atoms with E-state index in [1.54, 1.807) is 12.1 Å². The van der Waals surface area contributed by atoms with Crippen LogP contribution in [0.2, 0.25) is 0 Å². The van der Waals surface area contributed by atoms with Crippen LogP contribution in [0, 0.1) is 10.8 Å². The molecule has 20 atom stereocenters. The fourth-order valence-electron chi connectivity index (χ4n) is 9.42. The Labute approximate surface area is 406 Å². The SMILES string of the molecule is CCCCC(CO[C@@H]1OC(CO)[C@@H](O)[C@H](O)C1O)(CO[C@@H]1OC(CO)[C@@H](O)[C@H](O)C1O)Cc1ccccc1CC(CCCC)(CO[C@@H]1OC(CO)[C@@H](O)[C@H](O)C1O)CO[C@@H]1OC(CO)[C@@H](O)[C@H](O)C1O. The average molecular weight is 1020 g/mol. The first-order valence-corrected chi connectivity index (χ1v) is 24.1. The topological polar surface area (TPSA) is 398 Å². The Kier molecular flexibility index (Phi) is 23.0. The second-order valence-electron chi connectivity index (χ2n) is 19.4. The van der Waals surface area contributed by atoms with Crippen LogP contribution in [0.5, 0.6) is 0 Å². The van der Waals surface area contributed by atoms with E-state index in [4.69, 9.17) is 37.9 Å². The Balaban J connectivity index is 1.55. The van der Waals surface area contributed by atoms with Crippen LogP contribution >= 0.6 is 0 Å². The summed E-state index contributed by atoms with van der Waals surface area (Å²) in [4.78, 5) is 0. The van der Waals surface area contributed by atoms with Crippen molar-refractivity contribution in [1.29, 1.82) is 0 Å². The molecule has 0 aliphatic carbocycles. The first kappa shape index (κ1) is 59.1. The number of aliphatic hydroxyl groups excluding tert-OH is 16.